The zero-order valence-corrected chi connectivity index (χ0v) is 11.5. The van der Waals surface area contributed by atoms with Gasteiger partial charge in [0.1, 0.15) is 0 Å². The summed E-state index contributed by atoms with van der Waals surface area (Å²) in [6.07, 6.45) is 1.69. The Kier molecular flexibility index (Phi) is 5.80. The first kappa shape index (κ1) is 14.7. The summed E-state index contributed by atoms with van der Waals surface area (Å²) in [4.78, 5) is 13.6. The van der Waals surface area contributed by atoms with Gasteiger partial charge in [-0.05, 0) is 6.92 Å². The fourth-order valence-corrected chi connectivity index (χ4v) is 1.56. The molecule has 0 aliphatic carbocycles. The van der Waals surface area contributed by atoms with Gasteiger partial charge in [0, 0.05) is 39.9 Å². The summed E-state index contributed by atoms with van der Waals surface area (Å²) in [5.74, 6) is 0. The number of hydrogen-bond acceptors (Lipinski definition) is 5. The van der Waals surface area contributed by atoms with Crippen LogP contribution in [-0.4, -0.2) is 50.2 Å². The molecule has 0 bridgehead atoms. The van der Waals surface area contributed by atoms with Crippen LogP contribution in [0.5, 0.6) is 0 Å². The molecule has 0 radical (unpaired) electrons. The number of hydrogen-bond donors (Lipinski definition) is 1. The number of nitrogens with zero attached hydrogens (tertiary/aromatic N) is 3. The van der Waals surface area contributed by atoms with E-state index in [0.29, 0.717) is 19.7 Å². The monoisotopic (exact) mass is 254 g/mol. The summed E-state index contributed by atoms with van der Waals surface area (Å²) in [5, 5.41) is 7.40. The van der Waals surface area contributed by atoms with Crippen LogP contribution in [0, 0.1) is 0 Å². The number of rotatable bonds is 7. The molecule has 1 atom stereocenters. The fraction of sp³-hybridized carbons (Fsp3) is 0.667. The van der Waals surface area contributed by atoms with E-state index < -0.39 is 0 Å². The van der Waals surface area contributed by atoms with Crippen LogP contribution in [0.1, 0.15) is 6.92 Å². The van der Waals surface area contributed by atoms with E-state index in [2.05, 4.69) is 10.4 Å². The number of anilines is 1. The maximum Gasteiger partial charge on any atom is 0.268 e. The van der Waals surface area contributed by atoms with Gasteiger partial charge in [-0.25, -0.2) is 4.68 Å². The summed E-state index contributed by atoms with van der Waals surface area (Å²) in [5.41, 5.74) is 0.736. The Balaban J connectivity index is 2.51. The summed E-state index contributed by atoms with van der Waals surface area (Å²) >= 11 is 0. The van der Waals surface area contributed by atoms with E-state index >= 15 is 0 Å². The first-order valence-corrected chi connectivity index (χ1v) is 6.01. The van der Waals surface area contributed by atoms with Gasteiger partial charge in [-0.2, -0.15) is 5.10 Å². The van der Waals surface area contributed by atoms with Crippen molar-refractivity contribution in [3.8, 4) is 0 Å². The van der Waals surface area contributed by atoms with Gasteiger partial charge in [-0.1, -0.05) is 0 Å². The van der Waals surface area contributed by atoms with Gasteiger partial charge in [0.05, 0.1) is 25.0 Å². The average molecular weight is 254 g/mol. The van der Waals surface area contributed by atoms with Gasteiger partial charge >= 0.3 is 0 Å². The maximum atomic E-state index is 11.8. The molecule has 1 unspecified atom stereocenters. The van der Waals surface area contributed by atoms with E-state index in [1.54, 1.807) is 19.4 Å². The van der Waals surface area contributed by atoms with Gasteiger partial charge in [0.25, 0.3) is 5.56 Å². The minimum atomic E-state index is -0.0811. The van der Waals surface area contributed by atoms with Crippen LogP contribution in [-0.2, 0) is 11.3 Å². The fourth-order valence-electron chi connectivity index (χ4n) is 1.56. The van der Waals surface area contributed by atoms with E-state index in [1.165, 1.54) is 4.68 Å². The van der Waals surface area contributed by atoms with Gasteiger partial charge in [0.2, 0.25) is 0 Å². The molecule has 0 saturated carbocycles. The summed E-state index contributed by atoms with van der Waals surface area (Å²) in [6.45, 7) is 3.94. The number of aromatic nitrogens is 2. The Morgan fingerprint density at radius 2 is 2.28 bits per heavy atom. The summed E-state index contributed by atoms with van der Waals surface area (Å²) in [7, 11) is 5.44. The van der Waals surface area contributed by atoms with E-state index in [0.717, 1.165) is 5.69 Å². The highest BCUT2D eigenvalue weighted by Crippen LogP contribution is 2.02. The standard InChI is InChI=1S/C12H22N4O2/c1-10(9-18-4)13-5-6-16-12(17)7-11(8-14-16)15(2)3/h7-8,10,13H,5-6,9H2,1-4H3. The number of methoxy groups -OCH3 is 1. The molecule has 6 heteroatoms. The summed E-state index contributed by atoms with van der Waals surface area (Å²) in [6, 6.07) is 1.86. The average Bonchev–Trinajstić information content (AvgIpc) is 2.31. The zero-order valence-electron chi connectivity index (χ0n) is 11.5. The maximum absolute atomic E-state index is 11.8. The van der Waals surface area contributed by atoms with Crippen molar-refractivity contribution in [1.29, 1.82) is 0 Å². The molecule has 102 valence electrons. The third kappa shape index (κ3) is 4.46. The summed E-state index contributed by atoms with van der Waals surface area (Å²) < 4.78 is 6.48. The molecule has 1 rings (SSSR count). The van der Waals surface area contributed by atoms with Crippen molar-refractivity contribution in [3.05, 3.63) is 22.6 Å². The van der Waals surface area contributed by atoms with Crippen molar-refractivity contribution in [2.24, 2.45) is 0 Å². The molecule has 1 aromatic heterocycles. The molecule has 6 nitrogen and oxygen atoms in total. The molecule has 0 aliphatic heterocycles. The molecular weight excluding hydrogens is 232 g/mol. The highest BCUT2D eigenvalue weighted by atomic mass is 16.5. The third-order valence-electron chi connectivity index (χ3n) is 2.60. The first-order valence-electron chi connectivity index (χ1n) is 6.01. The van der Waals surface area contributed by atoms with Crippen LogP contribution in [0.3, 0.4) is 0 Å². The molecular formula is C12H22N4O2. The second-order valence-corrected chi connectivity index (χ2v) is 4.48. The molecule has 0 aromatic carbocycles. The van der Waals surface area contributed by atoms with Crippen LogP contribution in [0.25, 0.3) is 0 Å². The van der Waals surface area contributed by atoms with Crippen molar-refractivity contribution >= 4 is 5.69 Å². The van der Waals surface area contributed by atoms with Gasteiger partial charge < -0.3 is 15.0 Å². The van der Waals surface area contributed by atoms with Crippen LogP contribution in [0.4, 0.5) is 5.69 Å². The van der Waals surface area contributed by atoms with Gasteiger partial charge in [-0.15, -0.1) is 0 Å². The molecule has 0 aliphatic rings. The van der Waals surface area contributed by atoms with Gasteiger partial charge in [0.15, 0.2) is 0 Å². The molecule has 1 heterocycles. The lowest BCUT2D eigenvalue weighted by Crippen LogP contribution is -2.35. The largest absolute Gasteiger partial charge is 0.383 e. The minimum Gasteiger partial charge on any atom is -0.383 e. The van der Waals surface area contributed by atoms with Crippen LogP contribution in [0.2, 0.25) is 0 Å². The normalized spacial score (nSPS) is 12.4. The van der Waals surface area contributed by atoms with Crippen LogP contribution in [0.15, 0.2) is 17.1 Å². The Labute approximate surface area is 108 Å². The number of ether oxygens (including phenoxy) is 1. The molecule has 0 saturated heterocycles. The van der Waals surface area contributed by atoms with Crippen LogP contribution >= 0.6 is 0 Å². The molecule has 0 spiro atoms. The topological polar surface area (TPSA) is 59.4 Å². The SMILES string of the molecule is COCC(C)NCCn1ncc(N(C)C)cc1=O. The van der Waals surface area contributed by atoms with E-state index in [4.69, 9.17) is 4.74 Å². The van der Waals surface area contributed by atoms with E-state index in [-0.39, 0.29) is 11.6 Å². The molecule has 1 N–H and O–H groups in total. The Morgan fingerprint density at radius 3 is 2.83 bits per heavy atom. The lowest BCUT2D eigenvalue weighted by molar-refractivity contribution is 0.171. The number of nitrogens with one attached hydrogen (secondary N) is 1. The lowest BCUT2D eigenvalue weighted by atomic mass is 10.3. The second-order valence-electron chi connectivity index (χ2n) is 4.48. The molecule has 1 aromatic rings. The molecule has 18 heavy (non-hydrogen) atoms. The smallest absolute Gasteiger partial charge is 0.268 e. The quantitative estimate of drug-likeness (QED) is 0.738. The molecule has 0 amide bonds. The Hall–Kier alpha value is -1.40. The Bertz CT molecular complexity index is 417. The minimum absolute atomic E-state index is 0.0811. The predicted molar refractivity (Wildman–Crippen MR) is 72.2 cm³/mol. The molecule has 0 fully saturated rings. The van der Waals surface area contributed by atoms with E-state index in [1.807, 2.05) is 25.9 Å². The third-order valence-corrected chi connectivity index (χ3v) is 2.60. The first-order chi connectivity index (χ1) is 8.54. The second kappa shape index (κ2) is 7.13. The zero-order chi connectivity index (χ0) is 13.5. The van der Waals surface area contributed by atoms with Crippen molar-refractivity contribution < 1.29 is 4.74 Å². The predicted octanol–water partition coefficient (Wildman–Crippen LogP) is -0.0662. The lowest BCUT2D eigenvalue weighted by Gasteiger charge is -2.14. The highest BCUT2D eigenvalue weighted by Gasteiger charge is 2.03. The van der Waals surface area contributed by atoms with Crippen molar-refractivity contribution in [3.63, 3.8) is 0 Å². The van der Waals surface area contributed by atoms with Crippen LogP contribution < -0.4 is 15.8 Å². The van der Waals surface area contributed by atoms with Crippen molar-refractivity contribution in [1.82, 2.24) is 15.1 Å². The highest BCUT2D eigenvalue weighted by molar-refractivity contribution is 5.40. The van der Waals surface area contributed by atoms with Crippen molar-refractivity contribution in [2.45, 2.75) is 19.5 Å². The van der Waals surface area contributed by atoms with Crippen molar-refractivity contribution in [2.75, 3.05) is 39.3 Å². The van der Waals surface area contributed by atoms with E-state index in [9.17, 15) is 4.79 Å². The van der Waals surface area contributed by atoms with Gasteiger partial charge in [-0.3, -0.25) is 4.79 Å². The Morgan fingerprint density at radius 1 is 1.56 bits per heavy atom.